The Morgan fingerprint density at radius 1 is 1.50 bits per heavy atom. The number of rotatable bonds is 2. The molecular weight excluding hydrogens is 156 g/mol. The van der Waals surface area contributed by atoms with Crippen molar-refractivity contribution in [2.45, 2.75) is 13.8 Å². The predicted molar refractivity (Wildman–Crippen MR) is 36.4 cm³/mol. The summed E-state index contributed by atoms with van der Waals surface area (Å²) in [5.41, 5.74) is -1.30. The predicted octanol–water partition coefficient (Wildman–Crippen LogP) is -0.222. The quantitative estimate of drug-likeness (QED) is 0.572. The van der Waals surface area contributed by atoms with Gasteiger partial charge in [-0.15, -0.1) is 0 Å². The van der Waals surface area contributed by atoms with Gasteiger partial charge in [0.25, 0.3) is 0 Å². The Balaban J connectivity index is 4.77. The number of carbonyl (C=O) groups is 1. The molecule has 1 N–H and O–H groups in total. The summed E-state index contributed by atoms with van der Waals surface area (Å²) >= 11 is 0. The van der Waals surface area contributed by atoms with Gasteiger partial charge in [-0.1, -0.05) is 0 Å². The third kappa shape index (κ3) is 2.63. The maximum absolute atomic E-state index is 10.3. The second-order valence-corrected chi connectivity index (χ2v) is 3.16. The van der Waals surface area contributed by atoms with Gasteiger partial charge in [0.1, 0.15) is 0 Å². The number of carboxylic acid groups (broad SMARTS) is 1. The zero-order valence-corrected chi connectivity index (χ0v) is 6.47. The van der Waals surface area contributed by atoms with Gasteiger partial charge in [-0.25, -0.2) is 0 Å². The van der Waals surface area contributed by atoms with Crippen LogP contribution in [0.3, 0.4) is 0 Å². The van der Waals surface area contributed by atoms with Gasteiger partial charge in [0.05, 0.1) is 10.8 Å². The van der Waals surface area contributed by atoms with E-state index in [1.807, 2.05) is 0 Å². The second-order valence-electron chi connectivity index (χ2n) is 2.41. The van der Waals surface area contributed by atoms with Crippen molar-refractivity contribution >= 4 is 21.6 Å². The molecular formula is C5H8O4S. The molecule has 0 fully saturated rings. The highest BCUT2D eigenvalue weighted by Gasteiger charge is 2.24. The van der Waals surface area contributed by atoms with Crippen molar-refractivity contribution in [3.05, 3.63) is 0 Å². The molecule has 0 saturated carbocycles. The van der Waals surface area contributed by atoms with Gasteiger partial charge in [-0.3, -0.25) is 4.79 Å². The summed E-state index contributed by atoms with van der Waals surface area (Å²) in [4.78, 5) is 10.3. The molecule has 0 aromatic rings. The summed E-state index contributed by atoms with van der Waals surface area (Å²) in [6.45, 7) is 2.62. The van der Waals surface area contributed by atoms with E-state index in [1.54, 1.807) is 0 Å². The van der Waals surface area contributed by atoms with Gasteiger partial charge in [-0.05, 0) is 13.8 Å². The van der Waals surface area contributed by atoms with Crippen molar-refractivity contribution < 1.29 is 18.3 Å². The summed E-state index contributed by atoms with van der Waals surface area (Å²) in [5, 5.41) is 9.13. The van der Waals surface area contributed by atoms with Crippen LogP contribution in [0.25, 0.3) is 0 Å². The molecule has 0 spiro atoms. The maximum Gasteiger partial charge on any atom is 0.313 e. The highest BCUT2D eigenvalue weighted by atomic mass is 32.2. The fourth-order valence-corrected chi connectivity index (χ4v) is 0.873. The molecule has 0 aromatic heterocycles. The minimum Gasteiger partial charge on any atom is -0.481 e. The lowest BCUT2D eigenvalue weighted by Gasteiger charge is -2.09. The van der Waals surface area contributed by atoms with Crippen LogP contribution >= 0.6 is 0 Å². The Morgan fingerprint density at radius 3 is 2.00 bits per heavy atom. The van der Waals surface area contributed by atoms with Crippen molar-refractivity contribution in [2.24, 2.45) is 5.41 Å². The largest absolute Gasteiger partial charge is 0.481 e. The normalized spacial score (nSPS) is 10.6. The molecule has 58 valence electrons. The second kappa shape index (κ2) is 2.83. The Bertz CT molecular complexity index is 251. The standard InChI is InChI=1S/C5H8O4S/c1-5(2,4(6)7)3-10(8)9/h3H,1-2H3,(H,6,7). The molecule has 0 saturated heterocycles. The van der Waals surface area contributed by atoms with Crippen LogP contribution in [0.15, 0.2) is 0 Å². The first kappa shape index (κ1) is 9.16. The molecule has 0 aliphatic rings. The van der Waals surface area contributed by atoms with Crippen LogP contribution < -0.4 is 0 Å². The highest BCUT2D eigenvalue weighted by Crippen LogP contribution is 2.09. The van der Waals surface area contributed by atoms with Crippen molar-refractivity contribution in [3.63, 3.8) is 0 Å². The van der Waals surface area contributed by atoms with Crippen LogP contribution in [0.1, 0.15) is 13.8 Å². The van der Waals surface area contributed by atoms with E-state index < -0.39 is 21.7 Å². The smallest absolute Gasteiger partial charge is 0.313 e. The van der Waals surface area contributed by atoms with Crippen molar-refractivity contribution in [1.29, 1.82) is 0 Å². The third-order valence-corrected chi connectivity index (χ3v) is 1.72. The average molecular weight is 164 g/mol. The summed E-state index contributed by atoms with van der Waals surface area (Å²) in [6.07, 6.45) is 0. The van der Waals surface area contributed by atoms with Crippen molar-refractivity contribution in [3.8, 4) is 0 Å². The van der Waals surface area contributed by atoms with E-state index in [0.717, 1.165) is 5.37 Å². The van der Waals surface area contributed by atoms with Gasteiger partial charge in [-0.2, -0.15) is 8.42 Å². The Kier molecular flexibility index (Phi) is 2.59. The van der Waals surface area contributed by atoms with Crippen LogP contribution in [0.5, 0.6) is 0 Å². The zero-order valence-electron chi connectivity index (χ0n) is 5.66. The first-order valence-electron chi connectivity index (χ1n) is 2.54. The Hall–Kier alpha value is -0.840. The number of hydrogen-bond acceptors (Lipinski definition) is 3. The molecule has 10 heavy (non-hydrogen) atoms. The molecule has 0 amide bonds. The zero-order chi connectivity index (χ0) is 8.36. The lowest BCUT2D eigenvalue weighted by molar-refractivity contribution is -0.142. The van der Waals surface area contributed by atoms with E-state index in [4.69, 9.17) is 5.11 Å². The highest BCUT2D eigenvalue weighted by molar-refractivity contribution is 7.71. The van der Waals surface area contributed by atoms with Gasteiger partial charge < -0.3 is 5.11 Å². The van der Waals surface area contributed by atoms with Crippen LogP contribution in [-0.4, -0.2) is 24.9 Å². The van der Waals surface area contributed by atoms with Crippen molar-refractivity contribution in [2.75, 3.05) is 0 Å². The monoisotopic (exact) mass is 164 g/mol. The van der Waals surface area contributed by atoms with Crippen LogP contribution in [0, 0.1) is 5.41 Å². The Labute approximate surface area is 60.0 Å². The van der Waals surface area contributed by atoms with E-state index in [9.17, 15) is 13.2 Å². The number of hydrogen-bond donors (Lipinski definition) is 1. The minimum atomic E-state index is -2.41. The van der Waals surface area contributed by atoms with E-state index in [1.165, 1.54) is 13.8 Å². The fourth-order valence-electron chi connectivity index (χ4n) is 0.291. The summed E-state index contributed by atoms with van der Waals surface area (Å²) < 4.78 is 20.0. The molecule has 0 aromatic carbocycles. The molecule has 5 heteroatoms. The molecule has 0 rings (SSSR count). The molecule has 0 bridgehead atoms. The lowest BCUT2D eigenvalue weighted by atomic mass is 9.98. The Morgan fingerprint density at radius 2 is 1.90 bits per heavy atom. The van der Waals surface area contributed by atoms with E-state index in [0.29, 0.717) is 0 Å². The van der Waals surface area contributed by atoms with E-state index in [2.05, 4.69) is 0 Å². The first-order chi connectivity index (χ1) is 4.36. The SMILES string of the molecule is CC(C)(C=S(=O)=O)C(=O)O. The number of carboxylic acids is 1. The van der Waals surface area contributed by atoms with Crippen LogP contribution in [0.4, 0.5) is 0 Å². The topological polar surface area (TPSA) is 71.4 Å². The summed E-state index contributed by atoms with van der Waals surface area (Å²) in [7, 11) is -2.41. The molecule has 0 unspecified atom stereocenters. The fraction of sp³-hybridized carbons (Fsp3) is 0.600. The van der Waals surface area contributed by atoms with Gasteiger partial charge in [0, 0.05) is 0 Å². The summed E-state index contributed by atoms with van der Waals surface area (Å²) in [6, 6.07) is 0. The van der Waals surface area contributed by atoms with Gasteiger partial charge >= 0.3 is 5.97 Å². The van der Waals surface area contributed by atoms with Crippen molar-refractivity contribution in [1.82, 2.24) is 0 Å². The molecule has 0 aliphatic heterocycles. The van der Waals surface area contributed by atoms with E-state index in [-0.39, 0.29) is 0 Å². The molecule has 0 heterocycles. The van der Waals surface area contributed by atoms with Crippen LogP contribution in [-0.2, 0) is 15.1 Å². The van der Waals surface area contributed by atoms with Gasteiger partial charge in [0.2, 0.25) is 10.3 Å². The molecule has 4 nitrogen and oxygen atoms in total. The van der Waals surface area contributed by atoms with Crippen LogP contribution in [0.2, 0.25) is 0 Å². The molecule has 0 aliphatic carbocycles. The molecule has 0 atom stereocenters. The van der Waals surface area contributed by atoms with Gasteiger partial charge in [0.15, 0.2) is 0 Å². The average Bonchev–Trinajstić information content (AvgIpc) is 1.60. The lowest BCUT2D eigenvalue weighted by Crippen LogP contribution is -2.25. The first-order valence-corrected chi connectivity index (χ1v) is 3.67. The molecule has 0 radical (unpaired) electrons. The maximum atomic E-state index is 10.3. The minimum absolute atomic E-state index is 0.745. The number of aliphatic carboxylic acids is 1. The van der Waals surface area contributed by atoms with E-state index >= 15 is 0 Å². The third-order valence-electron chi connectivity index (χ3n) is 0.942. The summed E-state index contributed by atoms with van der Waals surface area (Å²) in [5.74, 6) is -1.16.